The molecule has 118 valence electrons. The van der Waals surface area contributed by atoms with Gasteiger partial charge in [-0.3, -0.25) is 0 Å². The normalized spacial score (nSPS) is 18.0. The van der Waals surface area contributed by atoms with E-state index in [4.69, 9.17) is 14.4 Å². The van der Waals surface area contributed by atoms with Crippen molar-refractivity contribution in [2.24, 2.45) is 0 Å². The molecule has 9 heteroatoms. The van der Waals surface area contributed by atoms with Gasteiger partial charge >= 0.3 is 5.97 Å². The van der Waals surface area contributed by atoms with Crippen molar-refractivity contribution in [2.45, 2.75) is 31.6 Å². The van der Waals surface area contributed by atoms with Crippen LogP contribution < -0.4 is 0 Å². The van der Waals surface area contributed by atoms with E-state index < -0.39 is 16.0 Å². The number of aliphatic carboxylic acids is 1. The molecule has 2 heterocycles. The van der Waals surface area contributed by atoms with E-state index in [-0.39, 0.29) is 18.5 Å². The monoisotopic (exact) mass is 318 g/mol. The molecule has 1 fully saturated rings. The number of carbonyl (C=O) groups is 1. The number of carboxylic acid groups (broad SMARTS) is 1. The molecule has 0 amide bonds. The minimum atomic E-state index is -3.44. The van der Waals surface area contributed by atoms with Crippen LogP contribution in [0.1, 0.15) is 24.3 Å². The van der Waals surface area contributed by atoms with Crippen LogP contribution >= 0.6 is 0 Å². The maximum absolute atomic E-state index is 12.2. The van der Waals surface area contributed by atoms with Gasteiger partial charge < -0.3 is 14.4 Å². The first kappa shape index (κ1) is 15.9. The van der Waals surface area contributed by atoms with Gasteiger partial charge in [0.1, 0.15) is 23.8 Å². The number of aryl methyl sites for hydroxylation is 1. The third kappa shape index (κ3) is 4.51. The Hall–Kier alpha value is -1.45. The number of hydrogen-bond donors (Lipinski definition) is 1. The molecule has 1 aromatic heterocycles. The molecule has 0 aliphatic carbocycles. The molecule has 1 aliphatic rings. The summed E-state index contributed by atoms with van der Waals surface area (Å²) < 4.78 is 35.9. The van der Waals surface area contributed by atoms with Crippen molar-refractivity contribution in [2.75, 3.05) is 19.7 Å². The molecule has 1 saturated heterocycles. The van der Waals surface area contributed by atoms with Gasteiger partial charge in [0.05, 0.1) is 6.10 Å². The molecule has 2 rings (SSSR count). The van der Waals surface area contributed by atoms with Gasteiger partial charge in [-0.05, 0) is 19.8 Å². The SMILES string of the molecule is Cc1cc(CS(=O)(=O)N2CCC(OCC(=O)O)CC2)no1. The molecule has 1 aromatic rings. The van der Waals surface area contributed by atoms with Gasteiger partial charge in [-0.1, -0.05) is 5.16 Å². The lowest BCUT2D eigenvalue weighted by Crippen LogP contribution is -2.41. The summed E-state index contributed by atoms with van der Waals surface area (Å²) in [6, 6.07) is 1.60. The van der Waals surface area contributed by atoms with E-state index in [9.17, 15) is 13.2 Å². The third-order valence-corrected chi connectivity index (χ3v) is 5.06. The molecule has 1 aliphatic heterocycles. The van der Waals surface area contributed by atoms with Crippen LogP contribution in [0.15, 0.2) is 10.6 Å². The highest BCUT2D eigenvalue weighted by Gasteiger charge is 2.29. The Morgan fingerprint density at radius 2 is 2.19 bits per heavy atom. The minimum absolute atomic E-state index is 0.189. The van der Waals surface area contributed by atoms with E-state index >= 15 is 0 Å². The quantitative estimate of drug-likeness (QED) is 0.807. The number of aromatic nitrogens is 1. The predicted octanol–water partition coefficient (Wildman–Crippen LogP) is 0.378. The predicted molar refractivity (Wildman–Crippen MR) is 72.0 cm³/mol. The minimum Gasteiger partial charge on any atom is -0.480 e. The van der Waals surface area contributed by atoms with Crippen LogP contribution in [-0.4, -0.2) is 54.8 Å². The van der Waals surface area contributed by atoms with Crippen LogP contribution in [-0.2, 0) is 25.3 Å². The summed E-state index contributed by atoms with van der Waals surface area (Å²) in [5.41, 5.74) is 0.386. The fourth-order valence-corrected chi connectivity index (χ4v) is 3.69. The van der Waals surface area contributed by atoms with Gasteiger partial charge in [-0.2, -0.15) is 0 Å². The molecule has 0 radical (unpaired) electrons. The van der Waals surface area contributed by atoms with Gasteiger partial charge in [0.15, 0.2) is 0 Å². The highest BCUT2D eigenvalue weighted by Crippen LogP contribution is 2.19. The van der Waals surface area contributed by atoms with Crippen molar-refractivity contribution in [3.05, 3.63) is 17.5 Å². The summed E-state index contributed by atoms with van der Waals surface area (Å²) in [6.45, 7) is 2.00. The second kappa shape index (κ2) is 6.54. The molecule has 0 saturated carbocycles. The summed E-state index contributed by atoms with van der Waals surface area (Å²) in [6.07, 6.45) is 0.774. The summed E-state index contributed by atoms with van der Waals surface area (Å²) in [7, 11) is -3.44. The summed E-state index contributed by atoms with van der Waals surface area (Å²) in [4.78, 5) is 10.4. The van der Waals surface area contributed by atoms with Crippen LogP contribution in [0.5, 0.6) is 0 Å². The molecule has 8 nitrogen and oxygen atoms in total. The maximum atomic E-state index is 12.2. The Morgan fingerprint density at radius 1 is 1.52 bits per heavy atom. The smallest absolute Gasteiger partial charge is 0.329 e. The zero-order valence-corrected chi connectivity index (χ0v) is 12.5. The topological polar surface area (TPSA) is 110 Å². The first-order valence-electron chi connectivity index (χ1n) is 6.60. The van der Waals surface area contributed by atoms with Crippen molar-refractivity contribution in [1.82, 2.24) is 9.46 Å². The Morgan fingerprint density at radius 3 is 2.71 bits per heavy atom. The van der Waals surface area contributed by atoms with Crippen molar-refractivity contribution in [3.63, 3.8) is 0 Å². The number of piperidine rings is 1. The van der Waals surface area contributed by atoms with Crippen LogP contribution in [0.3, 0.4) is 0 Å². The molecule has 0 bridgehead atoms. The van der Waals surface area contributed by atoms with Crippen molar-refractivity contribution < 1.29 is 27.6 Å². The lowest BCUT2D eigenvalue weighted by Gasteiger charge is -2.30. The summed E-state index contributed by atoms with van der Waals surface area (Å²) in [5.74, 6) is -0.641. The second-order valence-electron chi connectivity index (χ2n) is 4.99. The zero-order chi connectivity index (χ0) is 15.5. The molecule has 21 heavy (non-hydrogen) atoms. The fourth-order valence-electron chi connectivity index (χ4n) is 2.23. The third-order valence-electron chi connectivity index (χ3n) is 3.24. The van der Waals surface area contributed by atoms with Crippen LogP contribution in [0.4, 0.5) is 0 Å². The van der Waals surface area contributed by atoms with Crippen molar-refractivity contribution in [1.29, 1.82) is 0 Å². The van der Waals surface area contributed by atoms with Gasteiger partial charge in [-0.15, -0.1) is 0 Å². The maximum Gasteiger partial charge on any atom is 0.329 e. The Kier molecular flexibility index (Phi) is 4.96. The van der Waals surface area contributed by atoms with E-state index in [1.807, 2.05) is 0 Å². The number of hydrogen-bond acceptors (Lipinski definition) is 6. The van der Waals surface area contributed by atoms with Crippen LogP contribution in [0.25, 0.3) is 0 Å². The summed E-state index contributed by atoms with van der Waals surface area (Å²) >= 11 is 0. The highest BCUT2D eigenvalue weighted by atomic mass is 32.2. The highest BCUT2D eigenvalue weighted by molar-refractivity contribution is 7.88. The van der Waals surface area contributed by atoms with Crippen molar-refractivity contribution >= 4 is 16.0 Å². The number of ether oxygens (including phenoxy) is 1. The zero-order valence-electron chi connectivity index (χ0n) is 11.7. The van der Waals surface area contributed by atoms with Crippen molar-refractivity contribution in [3.8, 4) is 0 Å². The van der Waals surface area contributed by atoms with E-state index in [2.05, 4.69) is 5.16 Å². The average Bonchev–Trinajstić information content (AvgIpc) is 2.81. The van der Waals surface area contributed by atoms with Gasteiger partial charge in [0.2, 0.25) is 10.0 Å². The Bertz CT molecular complexity index is 589. The van der Waals surface area contributed by atoms with E-state index in [0.717, 1.165) is 0 Å². The molecule has 0 aromatic carbocycles. The van der Waals surface area contributed by atoms with Gasteiger partial charge in [0, 0.05) is 19.2 Å². The van der Waals surface area contributed by atoms with E-state index in [1.54, 1.807) is 13.0 Å². The Balaban J connectivity index is 1.87. The van der Waals surface area contributed by atoms with Crippen LogP contribution in [0.2, 0.25) is 0 Å². The largest absolute Gasteiger partial charge is 0.480 e. The fraction of sp³-hybridized carbons (Fsp3) is 0.667. The number of rotatable bonds is 6. The standard InChI is InChI=1S/C12H18N2O6S/c1-9-6-10(13-20-9)8-21(17,18)14-4-2-11(3-5-14)19-7-12(15)16/h6,11H,2-5,7-8H2,1H3,(H,15,16). The van der Waals surface area contributed by atoms with Gasteiger partial charge in [-0.25, -0.2) is 17.5 Å². The molecular weight excluding hydrogens is 300 g/mol. The molecule has 0 unspecified atom stereocenters. The first-order chi connectivity index (χ1) is 9.87. The second-order valence-corrected chi connectivity index (χ2v) is 6.96. The number of sulfonamides is 1. The lowest BCUT2D eigenvalue weighted by atomic mass is 10.1. The van der Waals surface area contributed by atoms with E-state index in [0.29, 0.717) is 37.4 Å². The Labute approximate surface area is 122 Å². The van der Waals surface area contributed by atoms with Crippen LogP contribution in [0, 0.1) is 6.92 Å². The van der Waals surface area contributed by atoms with E-state index in [1.165, 1.54) is 4.31 Å². The molecule has 0 spiro atoms. The number of nitrogens with zero attached hydrogens (tertiary/aromatic N) is 2. The number of carboxylic acids is 1. The lowest BCUT2D eigenvalue weighted by molar-refractivity contribution is -0.145. The molecule has 0 atom stereocenters. The summed E-state index contributed by atoms with van der Waals surface area (Å²) in [5, 5.41) is 12.2. The average molecular weight is 318 g/mol. The first-order valence-corrected chi connectivity index (χ1v) is 8.21. The molecular formula is C12H18N2O6S. The molecule has 1 N–H and O–H groups in total. The van der Waals surface area contributed by atoms with Gasteiger partial charge in [0.25, 0.3) is 0 Å².